The maximum Gasteiger partial charge on any atom is 0.0289 e. The van der Waals surface area contributed by atoms with E-state index in [1.54, 1.807) is 12.4 Å². The van der Waals surface area contributed by atoms with Crippen molar-refractivity contribution in [1.29, 1.82) is 0 Å². The van der Waals surface area contributed by atoms with Crippen molar-refractivity contribution >= 4 is 15.1 Å². The lowest BCUT2D eigenvalue weighted by molar-refractivity contribution is 0.674. The van der Waals surface area contributed by atoms with Gasteiger partial charge in [-0.25, -0.2) is 4.72 Å². The van der Waals surface area contributed by atoms with Crippen LogP contribution in [0.1, 0.15) is 20.3 Å². The van der Waals surface area contributed by atoms with Crippen LogP contribution in [0.25, 0.3) is 0 Å². The summed E-state index contributed by atoms with van der Waals surface area (Å²) in [4.78, 5) is 0. The minimum Gasteiger partial charge on any atom is -0.253 e. The molecule has 1 unspecified atom stereocenters. The smallest absolute Gasteiger partial charge is 0.0289 e. The summed E-state index contributed by atoms with van der Waals surface area (Å²) in [5.41, 5.74) is 0. The van der Waals surface area contributed by atoms with Crippen molar-refractivity contribution in [2.24, 2.45) is 0 Å². The zero-order valence-corrected chi connectivity index (χ0v) is 7.12. The molecule has 0 rings (SSSR count). The molecule has 1 N–H and O–H groups in total. The Bertz CT molecular complexity index is 168. The molecule has 0 radical (unpaired) electrons. The van der Waals surface area contributed by atoms with Crippen LogP contribution in [-0.4, -0.2) is 22.4 Å². The molecule has 1 atom stereocenters. The molecule has 0 aliphatic rings. The molecule has 0 aliphatic heterocycles. The Morgan fingerprint density at radius 3 is 2.33 bits per heavy atom. The quantitative estimate of drug-likeness (QED) is 0.586. The molecule has 0 aromatic rings. The van der Waals surface area contributed by atoms with Gasteiger partial charge in [0.15, 0.2) is 0 Å². The van der Waals surface area contributed by atoms with E-state index < -0.39 is 9.71 Å². The summed E-state index contributed by atoms with van der Waals surface area (Å²) in [7, 11) is -0.0558. The van der Waals surface area contributed by atoms with E-state index in [0.717, 1.165) is 12.2 Å². The fourth-order valence-corrected chi connectivity index (χ4v) is 1.92. The summed E-state index contributed by atoms with van der Waals surface area (Å²) in [6.07, 6.45) is 0.962. The van der Waals surface area contributed by atoms with E-state index in [1.807, 2.05) is 13.8 Å². The van der Waals surface area contributed by atoms with Crippen LogP contribution in [0, 0.1) is 0 Å². The first-order valence-corrected chi connectivity index (χ1v) is 4.97. The van der Waals surface area contributed by atoms with E-state index in [0.29, 0.717) is 0 Å². The van der Waals surface area contributed by atoms with E-state index in [1.165, 1.54) is 0 Å². The van der Waals surface area contributed by atoms with Crippen LogP contribution in [0.5, 0.6) is 0 Å². The first kappa shape index (κ1) is 8.98. The van der Waals surface area contributed by atoms with Crippen molar-refractivity contribution in [2.75, 3.05) is 12.8 Å². The van der Waals surface area contributed by atoms with E-state index in [4.69, 9.17) is 0 Å². The number of nitrogens with one attached hydrogen (secondary N) is 1. The van der Waals surface area contributed by atoms with Gasteiger partial charge in [0.2, 0.25) is 0 Å². The molecule has 0 heterocycles. The maximum absolute atomic E-state index is 11.4. The van der Waals surface area contributed by atoms with Crippen molar-refractivity contribution in [1.82, 2.24) is 4.72 Å². The average Bonchev–Trinajstić information content (AvgIpc) is 1.89. The Hall–Kier alpha value is -0.0200. The van der Waals surface area contributed by atoms with Gasteiger partial charge in [0, 0.05) is 15.5 Å². The van der Waals surface area contributed by atoms with Gasteiger partial charge < -0.3 is 0 Å². The molecule has 0 saturated heterocycles. The summed E-state index contributed by atoms with van der Waals surface area (Å²) in [5.74, 6) is 0.750. The highest BCUT2D eigenvalue weighted by atomic mass is 32.2. The number of rotatable bonds is 3. The summed E-state index contributed by atoms with van der Waals surface area (Å²) >= 11 is 0. The lowest BCUT2D eigenvalue weighted by Crippen LogP contribution is -2.23. The molecule has 0 spiro atoms. The van der Waals surface area contributed by atoms with Crippen molar-refractivity contribution in [3.8, 4) is 0 Å². The molecule has 0 bridgehead atoms. The lowest BCUT2D eigenvalue weighted by atomic mass is 10.6. The van der Waals surface area contributed by atoms with Gasteiger partial charge in [-0.2, -0.15) is 0 Å². The molecule has 2 nitrogen and oxygen atoms in total. The summed E-state index contributed by atoms with van der Waals surface area (Å²) in [6, 6.07) is 0. The molecule has 9 heavy (non-hydrogen) atoms. The molecule has 0 aromatic carbocycles. The SMILES string of the molecule is CC=S(=O)(CCC)NC. The fraction of sp³-hybridized carbons (Fsp3) is 0.833. The van der Waals surface area contributed by atoms with Gasteiger partial charge in [-0.3, -0.25) is 4.21 Å². The van der Waals surface area contributed by atoms with Crippen molar-refractivity contribution in [2.45, 2.75) is 20.3 Å². The van der Waals surface area contributed by atoms with Crippen LogP contribution < -0.4 is 4.72 Å². The van der Waals surface area contributed by atoms with Gasteiger partial charge in [-0.15, -0.1) is 0 Å². The third-order valence-electron chi connectivity index (χ3n) is 1.23. The third-order valence-corrected chi connectivity index (χ3v) is 3.70. The van der Waals surface area contributed by atoms with Crippen LogP contribution in [0.15, 0.2) is 0 Å². The second-order valence-corrected chi connectivity index (χ2v) is 4.61. The molecule has 0 fully saturated rings. The van der Waals surface area contributed by atoms with E-state index in [2.05, 4.69) is 4.72 Å². The third kappa shape index (κ3) is 2.87. The second kappa shape index (κ2) is 3.90. The molecule has 0 aromatic heterocycles. The van der Waals surface area contributed by atoms with Crippen LogP contribution in [0.4, 0.5) is 0 Å². The van der Waals surface area contributed by atoms with E-state index in [9.17, 15) is 4.21 Å². The standard InChI is InChI=1S/C6H15NOS/c1-4-6-9(8,5-2)7-3/h5H,4,6H2,1-3H3,(H,7,8). The lowest BCUT2D eigenvalue weighted by Gasteiger charge is -2.05. The zero-order chi connectivity index (χ0) is 7.33. The molecule has 56 valence electrons. The fourth-order valence-electron chi connectivity index (χ4n) is 0.641. The first-order valence-electron chi connectivity index (χ1n) is 3.18. The van der Waals surface area contributed by atoms with E-state index in [-0.39, 0.29) is 0 Å². The second-order valence-electron chi connectivity index (χ2n) is 1.87. The summed E-state index contributed by atoms with van der Waals surface area (Å²) in [5, 5.41) is 1.75. The normalized spacial score (nSPS) is 16.8. The van der Waals surface area contributed by atoms with Crippen LogP contribution >= 0.6 is 0 Å². The molecular formula is C6H15NOS. The van der Waals surface area contributed by atoms with Crippen molar-refractivity contribution < 1.29 is 4.21 Å². The number of hydrogen-bond acceptors (Lipinski definition) is 1. The van der Waals surface area contributed by atoms with Gasteiger partial charge in [-0.1, -0.05) is 6.92 Å². The van der Waals surface area contributed by atoms with Crippen molar-refractivity contribution in [3.05, 3.63) is 0 Å². The predicted molar refractivity (Wildman–Crippen MR) is 44.1 cm³/mol. The Labute approximate surface area is 57.8 Å². The Morgan fingerprint density at radius 1 is 1.67 bits per heavy atom. The van der Waals surface area contributed by atoms with Crippen LogP contribution in [0.2, 0.25) is 0 Å². The largest absolute Gasteiger partial charge is 0.253 e. The van der Waals surface area contributed by atoms with Gasteiger partial charge in [0.05, 0.1) is 0 Å². The van der Waals surface area contributed by atoms with Crippen molar-refractivity contribution in [3.63, 3.8) is 0 Å². The molecular weight excluding hydrogens is 134 g/mol. The van der Waals surface area contributed by atoms with Gasteiger partial charge in [-0.05, 0) is 25.8 Å². The summed E-state index contributed by atoms with van der Waals surface area (Å²) < 4.78 is 14.2. The highest BCUT2D eigenvalue weighted by molar-refractivity contribution is 7.99. The van der Waals surface area contributed by atoms with Crippen LogP contribution in [0.3, 0.4) is 0 Å². The average molecular weight is 149 g/mol. The van der Waals surface area contributed by atoms with Gasteiger partial charge in [0.1, 0.15) is 0 Å². The Kier molecular flexibility index (Phi) is 3.89. The molecule has 0 saturated carbocycles. The zero-order valence-electron chi connectivity index (χ0n) is 6.31. The minimum atomic E-state index is -1.79. The molecule has 0 aliphatic carbocycles. The Balaban J connectivity index is 4.14. The van der Waals surface area contributed by atoms with Gasteiger partial charge in [0.25, 0.3) is 0 Å². The monoisotopic (exact) mass is 149 g/mol. The molecule has 0 amide bonds. The topological polar surface area (TPSA) is 29.1 Å². The number of hydrogen-bond donors (Lipinski definition) is 1. The first-order chi connectivity index (χ1) is 4.18. The summed E-state index contributed by atoms with van der Waals surface area (Å²) in [6.45, 7) is 3.86. The minimum absolute atomic E-state index is 0.750. The predicted octanol–water partition coefficient (Wildman–Crippen LogP) is 0.637. The Morgan fingerprint density at radius 2 is 2.22 bits per heavy atom. The van der Waals surface area contributed by atoms with Gasteiger partial charge >= 0.3 is 0 Å². The molecule has 3 heteroatoms. The maximum atomic E-state index is 11.4. The van der Waals surface area contributed by atoms with E-state index >= 15 is 0 Å². The van der Waals surface area contributed by atoms with Crippen LogP contribution in [-0.2, 0) is 9.71 Å². The highest BCUT2D eigenvalue weighted by Crippen LogP contribution is 1.87. The highest BCUT2D eigenvalue weighted by Gasteiger charge is 1.97.